The molecule has 2 heterocycles. The number of aromatic carboxylic acids is 1. The summed E-state index contributed by atoms with van der Waals surface area (Å²) in [4.78, 5) is 30.0. The highest BCUT2D eigenvalue weighted by atomic mass is 16.4. The summed E-state index contributed by atoms with van der Waals surface area (Å²) in [6.45, 7) is 6.45. The minimum Gasteiger partial charge on any atom is -0.478 e. The highest BCUT2D eigenvalue weighted by Gasteiger charge is 2.20. The van der Waals surface area contributed by atoms with Crippen molar-refractivity contribution in [3.8, 4) is 11.3 Å². The zero-order chi connectivity index (χ0) is 26.8. The number of nitrogens with zero attached hydrogens (tertiary/aromatic N) is 1. The van der Waals surface area contributed by atoms with Gasteiger partial charge in [-0.1, -0.05) is 42.5 Å². The van der Waals surface area contributed by atoms with Crippen LogP contribution in [0.5, 0.6) is 0 Å². The van der Waals surface area contributed by atoms with Gasteiger partial charge in [-0.05, 0) is 69.5 Å². The molecule has 1 aliphatic heterocycles. The number of allylic oxidation sites excluding steroid dienone is 2. The highest BCUT2D eigenvalue weighted by Crippen LogP contribution is 2.33. The van der Waals surface area contributed by atoms with Crippen LogP contribution in [-0.2, 0) is 0 Å². The molecule has 1 unspecified atom stereocenters. The van der Waals surface area contributed by atoms with Gasteiger partial charge in [0.2, 0.25) is 0 Å². The van der Waals surface area contributed by atoms with Crippen LogP contribution in [0.3, 0.4) is 0 Å². The zero-order valence-electron chi connectivity index (χ0n) is 21.7. The van der Waals surface area contributed by atoms with E-state index < -0.39 is 5.97 Å². The maximum absolute atomic E-state index is 13.6. The van der Waals surface area contributed by atoms with Crippen LogP contribution in [0.4, 0.5) is 5.69 Å². The number of carboxylic acids is 1. The van der Waals surface area contributed by atoms with Gasteiger partial charge >= 0.3 is 5.97 Å². The van der Waals surface area contributed by atoms with Crippen LogP contribution in [0.2, 0.25) is 0 Å². The number of aliphatic imine (C=N–C) groups is 1. The molecule has 2 N–H and O–H groups in total. The van der Waals surface area contributed by atoms with E-state index in [4.69, 9.17) is 9.41 Å². The third-order valence-corrected chi connectivity index (χ3v) is 6.90. The minimum absolute atomic E-state index is 0.0820. The number of hydrogen-bond donors (Lipinski definition) is 2. The Morgan fingerprint density at radius 2 is 1.84 bits per heavy atom. The topological polar surface area (TPSA) is 91.9 Å². The first-order chi connectivity index (χ1) is 18.3. The van der Waals surface area contributed by atoms with Gasteiger partial charge in [0.15, 0.2) is 5.43 Å². The number of fused-ring (bicyclic) bond motifs is 1. The summed E-state index contributed by atoms with van der Waals surface area (Å²) in [5, 5.41) is 13.4. The summed E-state index contributed by atoms with van der Waals surface area (Å²) in [6, 6.07) is 18.2. The molecule has 1 atom stereocenters. The van der Waals surface area contributed by atoms with Crippen molar-refractivity contribution < 1.29 is 14.3 Å². The van der Waals surface area contributed by atoms with Gasteiger partial charge in [0, 0.05) is 34.5 Å². The molecule has 6 heteroatoms. The van der Waals surface area contributed by atoms with Gasteiger partial charge in [-0.3, -0.25) is 9.79 Å². The van der Waals surface area contributed by atoms with E-state index in [1.807, 2.05) is 50.2 Å². The van der Waals surface area contributed by atoms with Crippen LogP contribution in [0.15, 0.2) is 87.0 Å². The Morgan fingerprint density at radius 3 is 2.66 bits per heavy atom. The summed E-state index contributed by atoms with van der Waals surface area (Å²) in [7, 11) is 0. The zero-order valence-corrected chi connectivity index (χ0v) is 21.7. The van der Waals surface area contributed by atoms with E-state index in [-0.39, 0.29) is 17.0 Å². The van der Waals surface area contributed by atoms with Crippen molar-refractivity contribution in [2.24, 2.45) is 4.99 Å². The molecule has 192 valence electrons. The Labute approximate surface area is 221 Å². The first-order valence-electron chi connectivity index (χ1n) is 12.8. The average molecular weight is 507 g/mol. The fourth-order valence-corrected chi connectivity index (χ4v) is 4.93. The lowest BCUT2D eigenvalue weighted by molar-refractivity contribution is 0.0698. The minimum atomic E-state index is -1.01. The second-order valence-electron chi connectivity index (χ2n) is 9.73. The molecule has 5 rings (SSSR count). The molecule has 6 nitrogen and oxygen atoms in total. The van der Waals surface area contributed by atoms with Gasteiger partial charge in [0.25, 0.3) is 0 Å². The quantitative estimate of drug-likeness (QED) is 0.291. The lowest BCUT2D eigenvalue weighted by Gasteiger charge is -2.20. The van der Waals surface area contributed by atoms with Crippen LogP contribution in [0.1, 0.15) is 58.4 Å². The van der Waals surface area contributed by atoms with Crippen LogP contribution in [-0.4, -0.2) is 23.3 Å². The highest BCUT2D eigenvalue weighted by molar-refractivity contribution is 6.09. The molecule has 0 spiro atoms. The standard InChI is InChI=1S/C32H30N2O4/c1-19-16-25(21(3)34-28-14-7-6-12-24(28)32(36)37)31-26(17-19)29(35)20(2)30(38-31)23-11-9-10-22(18-23)27-13-5-4-8-15-33-27/h5-7,9-14,16-18,21,34H,4,8,15H2,1-3H3,(H,36,37). The maximum atomic E-state index is 13.6. The molecule has 1 aromatic heterocycles. The lowest BCUT2D eigenvalue weighted by atomic mass is 9.97. The normalized spacial score (nSPS) is 14.1. The average Bonchev–Trinajstić information content (AvgIpc) is 3.20. The van der Waals surface area contributed by atoms with Crippen molar-refractivity contribution in [3.05, 3.63) is 111 Å². The first kappa shape index (κ1) is 25.2. The van der Waals surface area contributed by atoms with Gasteiger partial charge < -0.3 is 14.8 Å². The van der Waals surface area contributed by atoms with Gasteiger partial charge in [0.1, 0.15) is 11.3 Å². The second-order valence-corrected chi connectivity index (χ2v) is 9.73. The molecule has 0 radical (unpaired) electrons. The van der Waals surface area contributed by atoms with Crippen molar-refractivity contribution in [1.82, 2.24) is 0 Å². The Hall–Kier alpha value is -4.45. The van der Waals surface area contributed by atoms with Crippen LogP contribution < -0.4 is 10.7 Å². The van der Waals surface area contributed by atoms with E-state index >= 15 is 0 Å². The largest absolute Gasteiger partial charge is 0.478 e. The smallest absolute Gasteiger partial charge is 0.337 e. The summed E-state index contributed by atoms with van der Waals surface area (Å²) in [6.07, 6.45) is 6.24. The molecular formula is C32H30N2O4. The number of nitrogens with one attached hydrogen (secondary N) is 1. The molecule has 4 aromatic rings. The summed E-state index contributed by atoms with van der Waals surface area (Å²) in [5.74, 6) is -0.488. The fraction of sp³-hybridized carbons (Fsp3) is 0.219. The predicted molar refractivity (Wildman–Crippen MR) is 153 cm³/mol. The third kappa shape index (κ3) is 4.90. The molecule has 1 aliphatic rings. The number of rotatable bonds is 6. The van der Waals surface area contributed by atoms with E-state index in [9.17, 15) is 14.7 Å². The van der Waals surface area contributed by atoms with Crippen molar-refractivity contribution in [2.75, 3.05) is 11.9 Å². The SMILES string of the molecule is Cc1cc(C(C)Nc2ccccc2C(=O)O)c2oc(-c3cccc(C4=NCCCC=C4)c3)c(C)c(=O)c2c1. The first-order valence-corrected chi connectivity index (χ1v) is 12.8. The number of hydrogen-bond acceptors (Lipinski definition) is 5. The molecule has 0 bridgehead atoms. The van der Waals surface area contributed by atoms with Crippen LogP contribution >= 0.6 is 0 Å². The van der Waals surface area contributed by atoms with E-state index in [0.29, 0.717) is 28.0 Å². The van der Waals surface area contributed by atoms with E-state index in [0.717, 1.165) is 47.4 Å². The lowest BCUT2D eigenvalue weighted by Crippen LogP contribution is -2.14. The van der Waals surface area contributed by atoms with Gasteiger partial charge in [-0.15, -0.1) is 0 Å². The van der Waals surface area contributed by atoms with Gasteiger partial charge in [-0.2, -0.15) is 0 Å². The van der Waals surface area contributed by atoms with Crippen LogP contribution in [0.25, 0.3) is 22.3 Å². The Kier molecular flexibility index (Phi) is 6.97. The number of anilines is 1. The van der Waals surface area contributed by atoms with Crippen molar-refractivity contribution in [1.29, 1.82) is 0 Å². The van der Waals surface area contributed by atoms with Crippen LogP contribution in [0, 0.1) is 13.8 Å². The van der Waals surface area contributed by atoms with E-state index in [1.165, 1.54) is 0 Å². The molecule has 0 saturated heterocycles. The number of benzene rings is 3. The summed E-state index contributed by atoms with van der Waals surface area (Å²) < 4.78 is 6.53. The second kappa shape index (κ2) is 10.5. The molecule has 3 aromatic carbocycles. The molecular weight excluding hydrogens is 476 g/mol. The molecule has 0 saturated carbocycles. The van der Waals surface area contributed by atoms with E-state index in [2.05, 4.69) is 17.5 Å². The Balaban J connectivity index is 1.63. The molecule has 38 heavy (non-hydrogen) atoms. The number of carbonyl (C=O) groups is 1. The number of carboxylic acid groups (broad SMARTS) is 1. The van der Waals surface area contributed by atoms with Crippen molar-refractivity contribution in [3.63, 3.8) is 0 Å². The molecule has 0 fully saturated rings. The monoisotopic (exact) mass is 506 g/mol. The van der Waals surface area contributed by atoms with Crippen molar-refractivity contribution >= 4 is 28.3 Å². The molecule has 0 amide bonds. The Bertz CT molecular complexity index is 1660. The molecule has 0 aliphatic carbocycles. The summed E-state index contributed by atoms with van der Waals surface area (Å²) >= 11 is 0. The third-order valence-electron chi connectivity index (χ3n) is 6.90. The van der Waals surface area contributed by atoms with Gasteiger partial charge in [-0.25, -0.2) is 4.79 Å². The fourth-order valence-electron chi connectivity index (χ4n) is 4.93. The van der Waals surface area contributed by atoms with Crippen molar-refractivity contribution in [2.45, 2.75) is 39.7 Å². The predicted octanol–water partition coefficient (Wildman–Crippen LogP) is 7.09. The van der Waals surface area contributed by atoms with E-state index in [1.54, 1.807) is 31.2 Å². The number of aryl methyl sites for hydroxylation is 1. The summed E-state index contributed by atoms with van der Waals surface area (Å²) in [5.41, 5.74) is 6.06. The number of para-hydroxylation sites is 1. The maximum Gasteiger partial charge on any atom is 0.337 e. The Morgan fingerprint density at radius 1 is 1.05 bits per heavy atom. The van der Waals surface area contributed by atoms with Gasteiger partial charge in [0.05, 0.1) is 22.7 Å².